The van der Waals surface area contributed by atoms with Crippen LogP contribution < -0.4 is 4.90 Å². The predicted octanol–water partition coefficient (Wildman–Crippen LogP) is 3.41. The van der Waals surface area contributed by atoms with Gasteiger partial charge in [-0.15, -0.1) is 0 Å². The minimum absolute atomic E-state index is 0.0810. The van der Waals surface area contributed by atoms with E-state index >= 15 is 0 Å². The van der Waals surface area contributed by atoms with Crippen molar-refractivity contribution in [2.45, 2.75) is 13.8 Å². The van der Waals surface area contributed by atoms with Crippen LogP contribution in [-0.4, -0.2) is 13.1 Å². The molecule has 0 aromatic heterocycles. The van der Waals surface area contributed by atoms with Gasteiger partial charge in [0.05, 0.1) is 11.6 Å². The molecule has 0 N–H and O–H groups in total. The number of hydrogen-bond donors (Lipinski definition) is 0. The van der Waals surface area contributed by atoms with Crippen LogP contribution in [0.1, 0.15) is 19.4 Å². The first-order chi connectivity index (χ1) is 10.2. The molecule has 0 unspecified atom stereocenters. The molecule has 0 bridgehead atoms. The van der Waals surface area contributed by atoms with E-state index in [2.05, 4.69) is 18.7 Å². The van der Waals surface area contributed by atoms with Crippen LogP contribution in [-0.2, 0) is 0 Å². The van der Waals surface area contributed by atoms with Crippen molar-refractivity contribution in [1.82, 2.24) is 0 Å². The molecule has 1 rings (SSSR count). The lowest BCUT2D eigenvalue weighted by atomic mass is 10.1. The predicted molar refractivity (Wildman–Crippen MR) is 82.9 cm³/mol. The van der Waals surface area contributed by atoms with Gasteiger partial charge in [0.15, 0.2) is 0 Å². The molecule has 0 amide bonds. The third-order valence-corrected chi connectivity index (χ3v) is 3.01. The second-order valence-corrected chi connectivity index (χ2v) is 4.26. The molecule has 4 heteroatoms. The summed E-state index contributed by atoms with van der Waals surface area (Å²) in [6.45, 7) is 6.07. The van der Waals surface area contributed by atoms with Crippen molar-refractivity contribution in [2.75, 3.05) is 18.0 Å². The number of rotatable bonds is 5. The maximum absolute atomic E-state index is 9.06. The minimum Gasteiger partial charge on any atom is -0.372 e. The zero-order valence-electron chi connectivity index (χ0n) is 12.2. The van der Waals surface area contributed by atoms with Crippen LogP contribution in [0.4, 0.5) is 5.69 Å². The van der Waals surface area contributed by atoms with E-state index in [1.54, 1.807) is 18.2 Å². The quantitative estimate of drug-likeness (QED) is 0.610. The van der Waals surface area contributed by atoms with Crippen molar-refractivity contribution in [1.29, 1.82) is 15.8 Å². The number of benzene rings is 1. The van der Waals surface area contributed by atoms with Gasteiger partial charge in [0.1, 0.15) is 17.7 Å². The summed E-state index contributed by atoms with van der Waals surface area (Å²) in [4.78, 5) is 2.22. The van der Waals surface area contributed by atoms with Crippen molar-refractivity contribution in [2.24, 2.45) is 0 Å². The lowest BCUT2D eigenvalue weighted by molar-refractivity contribution is 0.866. The topological polar surface area (TPSA) is 74.6 Å². The fourth-order valence-electron chi connectivity index (χ4n) is 1.90. The van der Waals surface area contributed by atoms with Crippen molar-refractivity contribution in [3.63, 3.8) is 0 Å². The molecule has 1 aromatic rings. The first kappa shape index (κ1) is 16.0. The van der Waals surface area contributed by atoms with Gasteiger partial charge in [-0.05, 0) is 43.7 Å². The van der Waals surface area contributed by atoms with Crippen LogP contribution in [0.25, 0.3) is 6.08 Å². The van der Waals surface area contributed by atoms with E-state index in [9.17, 15) is 0 Å². The highest BCUT2D eigenvalue weighted by Gasteiger charge is 2.01. The highest BCUT2D eigenvalue weighted by atomic mass is 15.1. The van der Waals surface area contributed by atoms with Crippen molar-refractivity contribution in [3.05, 3.63) is 47.1 Å². The largest absolute Gasteiger partial charge is 0.372 e. The molecule has 0 aliphatic heterocycles. The standard InChI is InChI=1S/C17H16N4/c1-3-21(4-2)17-7-5-14(6-8-17)9-15(11-18)10-16(12-19)13-20/h5-10H,3-4H2,1-2H3/b15-9-. The molecular formula is C17H16N4. The van der Waals surface area contributed by atoms with Gasteiger partial charge in [-0.1, -0.05) is 12.1 Å². The van der Waals surface area contributed by atoms with Crippen LogP contribution in [0, 0.1) is 34.0 Å². The fourth-order valence-corrected chi connectivity index (χ4v) is 1.90. The van der Waals surface area contributed by atoms with Gasteiger partial charge >= 0.3 is 0 Å². The molecular weight excluding hydrogens is 260 g/mol. The summed E-state index contributed by atoms with van der Waals surface area (Å²) >= 11 is 0. The smallest absolute Gasteiger partial charge is 0.130 e. The Kier molecular flexibility index (Phi) is 6.26. The van der Waals surface area contributed by atoms with E-state index < -0.39 is 0 Å². The van der Waals surface area contributed by atoms with Gasteiger partial charge in [-0.3, -0.25) is 0 Å². The molecule has 4 nitrogen and oxygen atoms in total. The van der Waals surface area contributed by atoms with E-state index in [0.717, 1.165) is 24.3 Å². The normalized spacial score (nSPS) is 9.95. The van der Waals surface area contributed by atoms with E-state index in [-0.39, 0.29) is 11.1 Å². The summed E-state index contributed by atoms with van der Waals surface area (Å²) in [5.41, 5.74) is 2.18. The fraction of sp³-hybridized carbons (Fsp3) is 0.235. The van der Waals surface area contributed by atoms with Gasteiger partial charge in [0.2, 0.25) is 0 Å². The van der Waals surface area contributed by atoms with Crippen LogP contribution in [0.5, 0.6) is 0 Å². The van der Waals surface area contributed by atoms with Crippen LogP contribution in [0.3, 0.4) is 0 Å². The second kappa shape index (κ2) is 8.20. The third-order valence-electron chi connectivity index (χ3n) is 3.01. The highest BCUT2D eigenvalue weighted by molar-refractivity contribution is 5.64. The first-order valence-corrected chi connectivity index (χ1v) is 6.67. The molecule has 0 aliphatic rings. The molecule has 0 saturated heterocycles. The summed E-state index contributed by atoms with van der Waals surface area (Å²) in [6, 6.07) is 13.3. The SMILES string of the molecule is CCN(CC)c1ccc(/C=C(\C#N)C=C(C#N)C#N)cc1. The van der Waals surface area contributed by atoms with E-state index in [1.807, 2.05) is 30.3 Å². The second-order valence-electron chi connectivity index (χ2n) is 4.26. The van der Waals surface area contributed by atoms with Crippen molar-refractivity contribution >= 4 is 11.8 Å². The summed E-state index contributed by atoms with van der Waals surface area (Å²) in [5.74, 6) is 0. The van der Waals surface area contributed by atoms with Gasteiger partial charge in [-0.25, -0.2) is 0 Å². The Morgan fingerprint density at radius 3 is 2.00 bits per heavy atom. The zero-order valence-corrected chi connectivity index (χ0v) is 12.2. The number of anilines is 1. The molecule has 0 atom stereocenters. The molecule has 0 heterocycles. The number of hydrogen-bond acceptors (Lipinski definition) is 4. The van der Waals surface area contributed by atoms with Crippen molar-refractivity contribution < 1.29 is 0 Å². The molecule has 21 heavy (non-hydrogen) atoms. The van der Waals surface area contributed by atoms with Crippen LogP contribution >= 0.6 is 0 Å². The van der Waals surface area contributed by atoms with E-state index in [1.165, 1.54) is 6.08 Å². The molecule has 0 spiro atoms. The molecule has 104 valence electrons. The lowest BCUT2D eigenvalue weighted by Crippen LogP contribution is -2.21. The Labute approximate surface area is 125 Å². The maximum atomic E-state index is 9.06. The highest BCUT2D eigenvalue weighted by Crippen LogP contribution is 2.17. The molecule has 0 saturated carbocycles. The Hall–Kier alpha value is -3.03. The lowest BCUT2D eigenvalue weighted by Gasteiger charge is -2.20. The maximum Gasteiger partial charge on any atom is 0.130 e. The monoisotopic (exact) mass is 276 g/mol. The van der Waals surface area contributed by atoms with Gasteiger partial charge in [-0.2, -0.15) is 15.8 Å². The summed E-state index contributed by atoms with van der Waals surface area (Å²) < 4.78 is 0. The average Bonchev–Trinajstić information content (AvgIpc) is 2.54. The minimum atomic E-state index is -0.0810. The van der Waals surface area contributed by atoms with Crippen molar-refractivity contribution in [3.8, 4) is 18.2 Å². The Balaban J connectivity index is 3.05. The summed E-state index contributed by atoms with van der Waals surface area (Å²) in [5, 5.41) is 26.5. The van der Waals surface area contributed by atoms with Crippen LogP contribution in [0.2, 0.25) is 0 Å². The van der Waals surface area contributed by atoms with E-state index in [0.29, 0.717) is 0 Å². The zero-order chi connectivity index (χ0) is 15.7. The molecule has 0 radical (unpaired) electrons. The number of nitrogens with zero attached hydrogens (tertiary/aromatic N) is 4. The van der Waals surface area contributed by atoms with E-state index in [4.69, 9.17) is 15.8 Å². The molecule has 0 aliphatic carbocycles. The van der Waals surface area contributed by atoms with Gasteiger partial charge < -0.3 is 4.90 Å². The van der Waals surface area contributed by atoms with Gasteiger partial charge in [0.25, 0.3) is 0 Å². The Morgan fingerprint density at radius 2 is 1.57 bits per heavy atom. The Morgan fingerprint density at radius 1 is 1.00 bits per heavy atom. The molecule has 0 fully saturated rings. The Bertz CT molecular complexity index is 641. The average molecular weight is 276 g/mol. The van der Waals surface area contributed by atoms with Crippen LogP contribution in [0.15, 0.2) is 41.5 Å². The number of allylic oxidation sites excluding steroid dienone is 3. The first-order valence-electron chi connectivity index (χ1n) is 6.67. The summed E-state index contributed by atoms with van der Waals surface area (Å²) in [6.07, 6.45) is 2.94. The number of nitriles is 3. The third kappa shape index (κ3) is 4.53. The summed E-state index contributed by atoms with van der Waals surface area (Å²) in [7, 11) is 0. The van der Waals surface area contributed by atoms with Gasteiger partial charge in [0, 0.05) is 18.8 Å². The molecule has 1 aromatic carbocycles.